The molecule has 0 radical (unpaired) electrons. The minimum atomic E-state index is -0.135. The summed E-state index contributed by atoms with van der Waals surface area (Å²) in [5.74, 6) is -0.135. The third kappa shape index (κ3) is 2.58. The summed E-state index contributed by atoms with van der Waals surface area (Å²) in [5, 5.41) is 11.5. The standard InChI is InChI=1S/C17H15ClN2O2/c1-19(22)15-11-20(14-5-3-2-4-6-14)17(21)16(15)12-7-9-13(18)10-8-12/h2-10,22H,11H2,1H3. The molecule has 0 spiro atoms. The number of anilines is 1. The molecule has 4 nitrogen and oxygen atoms in total. The highest BCUT2D eigenvalue weighted by molar-refractivity contribution is 6.31. The fraction of sp³-hybridized carbons (Fsp3) is 0.118. The molecule has 0 unspecified atom stereocenters. The lowest BCUT2D eigenvalue weighted by Crippen LogP contribution is -2.27. The highest BCUT2D eigenvalue weighted by Gasteiger charge is 2.33. The minimum absolute atomic E-state index is 0.135. The number of nitrogens with zero attached hydrogens (tertiary/aromatic N) is 2. The molecule has 1 aliphatic heterocycles. The van der Waals surface area contributed by atoms with Gasteiger partial charge in [-0.15, -0.1) is 0 Å². The molecule has 5 heteroatoms. The number of likely N-dealkylation sites (N-methyl/N-ethyl adjacent to an activating group) is 1. The summed E-state index contributed by atoms with van der Waals surface area (Å²) in [6.45, 7) is 0.327. The van der Waals surface area contributed by atoms with Gasteiger partial charge in [0, 0.05) is 17.8 Å². The number of carbonyl (C=O) groups is 1. The smallest absolute Gasteiger partial charge is 0.261 e. The van der Waals surface area contributed by atoms with Crippen molar-refractivity contribution >= 4 is 28.8 Å². The van der Waals surface area contributed by atoms with Crippen molar-refractivity contribution in [3.8, 4) is 0 Å². The van der Waals surface area contributed by atoms with Crippen molar-refractivity contribution in [3.63, 3.8) is 0 Å². The van der Waals surface area contributed by atoms with Gasteiger partial charge in [-0.2, -0.15) is 0 Å². The van der Waals surface area contributed by atoms with Gasteiger partial charge in [0.25, 0.3) is 5.91 Å². The molecule has 112 valence electrons. The highest BCUT2D eigenvalue weighted by atomic mass is 35.5. The van der Waals surface area contributed by atoms with Crippen LogP contribution in [0.15, 0.2) is 60.3 Å². The molecule has 0 fully saturated rings. The Morgan fingerprint density at radius 3 is 2.32 bits per heavy atom. The van der Waals surface area contributed by atoms with Gasteiger partial charge in [-0.3, -0.25) is 15.1 Å². The summed E-state index contributed by atoms with van der Waals surface area (Å²) in [7, 11) is 1.52. The van der Waals surface area contributed by atoms with E-state index in [0.29, 0.717) is 22.8 Å². The van der Waals surface area contributed by atoms with Crippen LogP contribution in [-0.2, 0) is 4.79 Å². The molecule has 1 amide bonds. The zero-order chi connectivity index (χ0) is 15.7. The number of amides is 1. The second kappa shape index (κ2) is 5.83. The Bertz CT molecular complexity index is 724. The Morgan fingerprint density at radius 2 is 1.73 bits per heavy atom. The third-order valence-electron chi connectivity index (χ3n) is 3.65. The summed E-state index contributed by atoms with van der Waals surface area (Å²) >= 11 is 5.91. The predicted molar refractivity (Wildman–Crippen MR) is 86.7 cm³/mol. The largest absolute Gasteiger partial charge is 0.302 e. The van der Waals surface area contributed by atoms with Crippen LogP contribution in [0, 0.1) is 0 Å². The number of hydrogen-bond donors (Lipinski definition) is 1. The molecule has 1 heterocycles. The van der Waals surface area contributed by atoms with Gasteiger partial charge in [0.1, 0.15) is 0 Å². The fourth-order valence-corrected chi connectivity index (χ4v) is 2.67. The van der Waals surface area contributed by atoms with E-state index in [2.05, 4.69) is 0 Å². The maximum Gasteiger partial charge on any atom is 0.261 e. The Balaban J connectivity index is 2.03. The van der Waals surface area contributed by atoms with E-state index in [1.165, 1.54) is 7.05 Å². The third-order valence-corrected chi connectivity index (χ3v) is 3.90. The van der Waals surface area contributed by atoms with Crippen LogP contribution in [0.25, 0.3) is 5.57 Å². The van der Waals surface area contributed by atoms with Gasteiger partial charge < -0.3 is 4.90 Å². The number of hydroxylamine groups is 2. The van der Waals surface area contributed by atoms with Gasteiger partial charge in [-0.05, 0) is 29.8 Å². The van der Waals surface area contributed by atoms with Crippen LogP contribution in [-0.4, -0.2) is 29.8 Å². The molecule has 1 aliphatic rings. The van der Waals surface area contributed by atoms with E-state index in [1.807, 2.05) is 30.3 Å². The van der Waals surface area contributed by atoms with Crippen LogP contribution in [0.4, 0.5) is 5.69 Å². The van der Waals surface area contributed by atoms with E-state index in [4.69, 9.17) is 11.6 Å². The Labute approximate surface area is 133 Å². The lowest BCUT2D eigenvalue weighted by atomic mass is 10.0. The molecular formula is C17H15ClN2O2. The molecule has 0 aliphatic carbocycles. The molecule has 1 N–H and O–H groups in total. The molecule has 0 atom stereocenters. The van der Waals surface area contributed by atoms with Gasteiger partial charge >= 0.3 is 0 Å². The first-order chi connectivity index (χ1) is 10.6. The lowest BCUT2D eigenvalue weighted by Gasteiger charge is -2.18. The van der Waals surface area contributed by atoms with E-state index in [0.717, 1.165) is 16.3 Å². The van der Waals surface area contributed by atoms with Crippen LogP contribution < -0.4 is 4.90 Å². The number of rotatable bonds is 3. The van der Waals surface area contributed by atoms with Crippen LogP contribution in [0.1, 0.15) is 5.56 Å². The molecule has 22 heavy (non-hydrogen) atoms. The average Bonchev–Trinajstić information content (AvgIpc) is 2.87. The number of benzene rings is 2. The van der Waals surface area contributed by atoms with Crippen LogP contribution in [0.3, 0.4) is 0 Å². The second-order valence-electron chi connectivity index (χ2n) is 5.08. The number of hydrogen-bond acceptors (Lipinski definition) is 3. The molecule has 0 saturated carbocycles. The molecule has 3 rings (SSSR count). The molecule has 0 saturated heterocycles. The van der Waals surface area contributed by atoms with Gasteiger partial charge in [0.2, 0.25) is 0 Å². The van der Waals surface area contributed by atoms with Crippen molar-refractivity contribution < 1.29 is 10.0 Å². The molecule has 0 aromatic heterocycles. The van der Waals surface area contributed by atoms with Crippen molar-refractivity contribution in [2.24, 2.45) is 0 Å². The van der Waals surface area contributed by atoms with E-state index >= 15 is 0 Å². The van der Waals surface area contributed by atoms with Crippen molar-refractivity contribution in [1.29, 1.82) is 0 Å². The highest BCUT2D eigenvalue weighted by Crippen LogP contribution is 2.32. The minimum Gasteiger partial charge on any atom is -0.302 e. The average molecular weight is 315 g/mol. The lowest BCUT2D eigenvalue weighted by molar-refractivity contribution is -0.112. The van der Waals surface area contributed by atoms with Crippen molar-refractivity contribution in [2.75, 3.05) is 18.5 Å². The molecular weight excluding hydrogens is 300 g/mol. The molecule has 2 aromatic carbocycles. The van der Waals surface area contributed by atoms with Crippen molar-refractivity contribution in [1.82, 2.24) is 5.06 Å². The van der Waals surface area contributed by atoms with Gasteiger partial charge in [0.15, 0.2) is 0 Å². The zero-order valence-electron chi connectivity index (χ0n) is 12.0. The monoisotopic (exact) mass is 314 g/mol. The Hall–Kier alpha value is -2.30. The van der Waals surface area contributed by atoms with Gasteiger partial charge in [-0.1, -0.05) is 41.9 Å². The Kier molecular flexibility index (Phi) is 3.88. The summed E-state index contributed by atoms with van der Waals surface area (Å²) in [5.41, 5.74) is 2.60. The van der Waals surface area contributed by atoms with Crippen LogP contribution in [0.5, 0.6) is 0 Å². The maximum atomic E-state index is 12.8. The predicted octanol–water partition coefficient (Wildman–Crippen LogP) is 3.42. The summed E-state index contributed by atoms with van der Waals surface area (Å²) in [6.07, 6.45) is 0. The summed E-state index contributed by atoms with van der Waals surface area (Å²) in [4.78, 5) is 14.4. The summed E-state index contributed by atoms with van der Waals surface area (Å²) in [6, 6.07) is 16.4. The fourth-order valence-electron chi connectivity index (χ4n) is 2.55. The first-order valence-electron chi connectivity index (χ1n) is 6.86. The maximum absolute atomic E-state index is 12.8. The number of halogens is 1. The topological polar surface area (TPSA) is 43.8 Å². The zero-order valence-corrected chi connectivity index (χ0v) is 12.8. The van der Waals surface area contributed by atoms with Gasteiger partial charge in [0.05, 0.1) is 17.8 Å². The van der Waals surface area contributed by atoms with Crippen LogP contribution in [0.2, 0.25) is 5.02 Å². The first kappa shape index (κ1) is 14.6. The second-order valence-corrected chi connectivity index (χ2v) is 5.52. The molecule has 0 bridgehead atoms. The van der Waals surface area contributed by atoms with Crippen LogP contribution >= 0.6 is 11.6 Å². The van der Waals surface area contributed by atoms with Gasteiger partial charge in [-0.25, -0.2) is 0 Å². The first-order valence-corrected chi connectivity index (χ1v) is 7.24. The normalized spacial score (nSPS) is 14.7. The quantitative estimate of drug-likeness (QED) is 0.883. The van der Waals surface area contributed by atoms with E-state index in [-0.39, 0.29) is 5.91 Å². The number of carbonyl (C=O) groups excluding carboxylic acids is 1. The van der Waals surface area contributed by atoms with E-state index < -0.39 is 0 Å². The molecule has 2 aromatic rings. The van der Waals surface area contributed by atoms with Crippen molar-refractivity contribution in [2.45, 2.75) is 0 Å². The SMILES string of the molecule is CN(O)C1=C(c2ccc(Cl)cc2)C(=O)N(c2ccccc2)C1. The summed E-state index contributed by atoms with van der Waals surface area (Å²) < 4.78 is 0. The van der Waals surface area contributed by atoms with E-state index in [9.17, 15) is 10.0 Å². The number of para-hydroxylation sites is 1. The Morgan fingerprint density at radius 1 is 1.09 bits per heavy atom. The van der Waals surface area contributed by atoms with E-state index in [1.54, 1.807) is 29.2 Å². The van der Waals surface area contributed by atoms with Crippen molar-refractivity contribution in [3.05, 3.63) is 70.9 Å².